The first-order valence-corrected chi connectivity index (χ1v) is 8.68. The highest BCUT2D eigenvalue weighted by Crippen LogP contribution is 2.44. The SMILES string of the molecule is NCc1sc(N2CCCc3ccccc3C2)nc1C1CC1. The number of hydrogen-bond donors (Lipinski definition) is 1. The van der Waals surface area contributed by atoms with Gasteiger partial charge in [-0.3, -0.25) is 0 Å². The summed E-state index contributed by atoms with van der Waals surface area (Å²) in [7, 11) is 0. The molecule has 0 amide bonds. The molecule has 0 spiro atoms. The highest BCUT2D eigenvalue weighted by Gasteiger charge is 2.30. The minimum atomic E-state index is 0.633. The first kappa shape index (κ1) is 13.3. The van der Waals surface area contributed by atoms with Crippen LogP contribution in [0, 0.1) is 0 Å². The average Bonchev–Trinajstić information content (AvgIpc) is 3.30. The summed E-state index contributed by atoms with van der Waals surface area (Å²) < 4.78 is 0. The number of aromatic nitrogens is 1. The van der Waals surface area contributed by atoms with Crippen molar-refractivity contribution >= 4 is 16.5 Å². The predicted molar refractivity (Wildman–Crippen MR) is 87.8 cm³/mol. The third kappa shape index (κ3) is 2.58. The fraction of sp³-hybridized carbons (Fsp3) is 0.471. The van der Waals surface area contributed by atoms with E-state index in [1.54, 1.807) is 0 Å². The molecule has 2 aliphatic rings. The van der Waals surface area contributed by atoms with Crippen LogP contribution in [0.4, 0.5) is 5.13 Å². The molecule has 110 valence electrons. The predicted octanol–water partition coefficient (Wildman–Crippen LogP) is 3.43. The van der Waals surface area contributed by atoms with Gasteiger partial charge in [0.25, 0.3) is 0 Å². The molecular weight excluding hydrogens is 278 g/mol. The summed E-state index contributed by atoms with van der Waals surface area (Å²) in [5.74, 6) is 0.688. The monoisotopic (exact) mass is 299 g/mol. The van der Waals surface area contributed by atoms with E-state index in [-0.39, 0.29) is 0 Å². The number of nitrogens with zero attached hydrogens (tertiary/aromatic N) is 2. The van der Waals surface area contributed by atoms with Crippen molar-refractivity contribution in [3.05, 3.63) is 46.0 Å². The van der Waals surface area contributed by atoms with Gasteiger partial charge in [-0.1, -0.05) is 24.3 Å². The van der Waals surface area contributed by atoms with Crippen molar-refractivity contribution in [3.63, 3.8) is 0 Å². The zero-order valence-corrected chi connectivity index (χ0v) is 13.0. The summed E-state index contributed by atoms with van der Waals surface area (Å²) in [5, 5.41) is 1.18. The number of rotatable bonds is 3. The van der Waals surface area contributed by atoms with Gasteiger partial charge in [0.15, 0.2) is 5.13 Å². The van der Waals surface area contributed by atoms with Gasteiger partial charge in [0.1, 0.15) is 0 Å². The molecule has 0 unspecified atom stereocenters. The van der Waals surface area contributed by atoms with Crippen LogP contribution in [0.5, 0.6) is 0 Å². The van der Waals surface area contributed by atoms with E-state index in [2.05, 4.69) is 29.2 Å². The highest BCUT2D eigenvalue weighted by atomic mass is 32.1. The molecular formula is C17H21N3S. The Labute approximate surface area is 129 Å². The molecule has 1 aliphatic heterocycles. The van der Waals surface area contributed by atoms with E-state index in [4.69, 9.17) is 10.7 Å². The van der Waals surface area contributed by atoms with Crippen LogP contribution in [0.3, 0.4) is 0 Å². The lowest BCUT2D eigenvalue weighted by Gasteiger charge is -2.19. The van der Waals surface area contributed by atoms with Crippen LogP contribution in [0.15, 0.2) is 24.3 Å². The van der Waals surface area contributed by atoms with Crippen LogP contribution in [0.25, 0.3) is 0 Å². The lowest BCUT2D eigenvalue weighted by molar-refractivity contribution is 0.760. The molecule has 0 saturated heterocycles. The molecule has 1 aromatic carbocycles. The molecule has 0 radical (unpaired) electrons. The van der Waals surface area contributed by atoms with Crippen LogP contribution in [0.2, 0.25) is 0 Å². The fourth-order valence-corrected chi connectivity index (χ4v) is 4.22. The third-order valence-corrected chi connectivity index (χ3v) is 5.64. The maximum atomic E-state index is 5.92. The Hall–Kier alpha value is -1.39. The second-order valence-electron chi connectivity index (χ2n) is 6.08. The van der Waals surface area contributed by atoms with Crippen LogP contribution in [0.1, 0.15) is 46.9 Å². The number of benzene rings is 1. The molecule has 1 aliphatic carbocycles. The number of fused-ring (bicyclic) bond motifs is 1. The van der Waals surface area contributed by atoms with Gasteiger partial charge < -0.3 is 10.6 Å². The van der Waals surface area contributed by atoms with Crippen LogP contribution in [-0.2, 0) is 19.5 Å². The summed E-state index contributed by atoms with van der Waals surface area (Å²) in [4.78, 5) is 8.69. The number of anilines is 1. The molecule has 1 saturated carbocycles. The minimum Gasteiger partial charge on any atom is -0.344 e. The first-order chi connectivity index (χ1) is 10.3. The second kappa shape index (κ2) is 5.43. The largest absolute Gasteiger partial charge is 0.344 e. The Morgan fingerprint density at radius 2 is 2.05 bits per heavy atom. The van der Waals surface area contributed by atoms with Gasteiger partial charge in [0, 0.05) is 30.4 Å². The smallest absolute Gasteiger partial charge is 0.186 e. The van der Waals surface area contributed by atoms with Crippen LogP contribution < -0.4 is 10.6 Å². The van der Waals surface area contributed by atoms with E-state index >= 15 is 0 Å². The molecule has 2 N–H and O–H groups in total. The van der Waals surface area contributed by atoms with E-state index in [9.17, 15) is 0 Å². The fourth-order valence-electron chi connectivity index (χ4n) is 3.17. The van der Waals surface area contributed by atoms with Gasteiger partial charge in [0.05, 0.1) is 5.69 Å². The summed E-state index contributed by atoms with van der Waals surface area (Å²) in [6, 6.07) is 8.81. The van der Waals surface area contributed by atoms with Crippen LogP contribution in [-0.4, -0.2) is 11.5 Å². The maximum absolute atomic E-state index is 5.92. The minimum absolute atomic E-state index is 0.633. The van der Waals surface area contributed by atoms with Gasteiger partial charge in [0.2, 0.25) is 0 Å². The summed E-state index contributed by atoms with van der Waals surface area (Å²) >= 11 is 1.81. The van der Waals surface area contributed by atoms with E-state index in [1.807, 2.05) is 11.3 Å². The summed E-state index contributed by atoms with van der Waals surface area (Å²) in [5.41, 5.74) is 10.2. The number of aryl methyl sites for hydroxylation is 1. The summed E-state index contributed by atoms with van der Waals surface area (Å²) in [6.45, 7) is 2.71. The number of thiazole rings is 1. The lowest BCUT2D eigenvalue weighted by atomic mass is 10.0. The Balaban J connectivity index is 1.64. The quantitative estimate of drug-likeness (QED) is 0.944. The van der Waals surface area contributed by atoms with Crippen LogP contribution >= 0.6 is 11.3 Å². The van der Waals surface area contributed by atoms with Crippen molar-refractivity contribution in [3.8, 4) is 0 Å². The van der Waals surface area contributed by atoms with Crippen molar-refractivity contribution in [2.75, 3.05) is 11.4 Å². The molecule has 1 aromatic heterocycles. The number of hydrogen-bond acceptors (Lipinski definition) is 4. The standard InChI is InChI=1S/C17H21N3S/c18-10-15-16(13-7-8-13)19-17(21-15)20-9-3-6-12-4-1-2-5-14(12)11-20/h1-2,4-5,13H,3,6-11,18H2. The first-order valence-electron chi connectivity index (χ1n) is 7.86. The normalized spacial score (nSPS) is 18.4. The van der Waals surface area contributed by atoms with Crippen molar-refractivity contribution < 1.29 is 0 Å². The van der Waals surface area contributed by atoms with Crippen molar-refractivity contribution in [1.29, 1.82) is 0 Å². The molecule has 3 nitrogen and oxygen atoms in total. The molecule has 0 bridgehead atoms. The van der Waals surface area contributed by atoms with Gasteiger partial charge in [-0.2, -0.15) is 0 Å². The van der Waals surface area contributed by atoms with Gasteiger partial charge in [-0.05, 0) is 36.8 Å². The van der Waals surface area contributed by atoms with E-state index in [0.29, 0.717) is 12.5 Å². The van der Waals surface area contributed by atoms with E-state index < -0.39 is 0 Å². The van der Waals surface area contributed by atoms with Gasteiger partial charge >= 0.3 is 0 Å². The zero-order valence-electron chi connectivity index (χ0n) is 12.2. The molecule has 2 aromatic rings. The van der Waals surface area contributed by atoms with Gasteiger partial charge in [-0.15, -0.1) is 11.3 Å². The Morgan fingerprint density at radius 1 is 1.24 bits per heavy atom. The second-order valence-corrected chi connectivity index (χ2v) is 7.14. The Morgan fingerprint density at radius 3 is 2.81 bits per heavy atom. The topological polar surface area (TPSA) is 42.1 Å². The van der Waals surface area contributed by atoms with Crippen molar-refractivity contribution in [2.45, 2.75) is 44.7 Å². The molecule has 4 rings (SSSR count). The lowest BCUT2D eigenvalue weighted by Crippen LogP contribution is -2.22. The Kier molecular flexibility index (Phi) is 3.43. The van der Waals surface area contributed by atoms with E-state index in [1.165, 1.54) is 52.5 Å². The van der Waals surface area contributed by atoms with E-state index in [0.717, 1.165) is 13.1 Å². The van der Waals surface area contributed by atoms with Crippen molar-refractivity contribution in [2.24, 2.45) is 5.73 Å². The zero-order chi connectivity index (χ0) is 14.2. The number of nitrogens with two attached hydrogens (primary N) is 1. The molecule has 2 heterocycles. The Bertz CT molecular complexity index is 645. The molecule has 21 heavy (non-hydrogen) atoms. The molecule has 4 heteroatoms. The van der Waals surface area contributed by atoms with Gasteiger partial charge in [-0.25, -0.2) is 4.98 Å². The maximum Gasteiger partial charge on any atom is 0.186 e. The average molecular weight is 299 g/mol. The summed E-state index contributed by atoms with van der Waals surface area (Å²) in [6.07, 6.45) is 4.96. The highest BCUT2D eigenvalue weighted by molar-refractivity contribution is 7.15. The third-order valence-electron chi connectivity index (χ3n) is 4.49. The molecule has 0 atom stereocenters. The molecule has 1 fully saturated rings. The van der Waals surface area contributed by atoms with Crippen molar-refractivity contribution in [1.82, 2.24) is 4.98 Å².